The first kappa shape index (κ1) is 21.5. The molecule has 168 valence electrons. The van der Waals surface area contributed by atoms with E-state index >= 15 is 0 Å². The van der Waals surface area contributed by atoms with Crippen molar-refractivity contribution in [2.45, 2.75) is 19.8 Å². The number of rotatable bonds is 6. The van der Waals surface area contributed by atoms with Gasteiger partial charge in [0.1, 0.15) is 11.4 Å². The van der Waals surface area contributed by atoms with Gasteiger partial charge < -0.3 is 9.64 Å². The second-order valence-electron chi connectivity index (χ2n) is 8.23. The summed E-state index contributed by atoms with van der Waals surface area (Å²) in [5.74, 6) is -0.0241. The Morgan fingerprint density at radius 2 is 1.68 bits per heavy atom. The van der Waals surface area contributed by atoms with Crippen LogP contribution in [-0.4, -0.2) is 25.0 Å². The first-order chi connectivity index (χ1) is 16.6. The maximum atomic E-state index is 13.8. The summed E-state index contributed by atoms with van der Waals surface area (Å²) in [5, 5.41) is 9.12. The van der Waals surface area contributed by atoms with Gasteiger partial charge in [-0.15, -0.1) is 0 Å². The second-order valence-corrected chi connectivity index (χ2v) is 8.23. The molecule has 0 N–H and O–H groups in total. The van der Waals surface area contributed by atoms with Crippen molar-refractivity contribution < 1.29 is 14.3 Å². The van der Waals surface area contributed by atoms with Gasteiger partial charge in [-0.25, -0.2) is 4.90 Å². The lowest BCUT2D eigenvalue weighted by Gasteiger charge is -2.22. The predicted octanol–water partition coefficient (Wildman–Crippen LogP) is 4.69. The van der Waals surface area contributed by atoms with E-state index in [-0.39, 0.29) is 11.8 Å². The van der Waals surface area contributed by atoms with Crippen LogP contribution in [0.15, 0.2) is 78.5 Å². The molecule has 6 nitrogen and oxygen atoms in total. The molecule has 0 aromatic heterocycles. The van der Waals surface area contributed by atoms with E-state index in [9.17, 15) is 9.59 Å². The van der Waals surface area contributed by atoms with Crippen LogP contribution in [0.25, 0.3) is 5.57 Å². The predicted molar refractivity (Wildman–Crippen MR) is 130 cm³/mol. The molecule has 0 unspecified atom stereocenters. The fourth-order valence-corrected chi connectivity index (χ4v) is 4.46. The highest BCUT2D eigenvalue weighted by Crippen LogP contribution is 2.40. The summed E-state index contributed by atoms with van der Waals surface area (Å²) in [5.41, 5.74) is 4.41. The van der Waals surface area contributed by atoms with Crippen LogP contribution in [0, 0.1) is 11.3 Å². The number of amides is 2. The van der Waals surface area contributed by atoms with Crippen LogP contribution < -0.4 is 14.5 Å². The van der Waals surface area contributed by atoms with E-state index in [0.717, 1.165) is 29.8 Å². The number of benzene rings is 3. The monoisotopic (exact) mass is 449 g/mol. The molecule has 0 atom stereocenters. The molecule has 0 aliphatic carbocycles. The summed E-state index contributed by atoms with van der Waals surface area (Å²) in [7, 11) is 0. The Morgan fingerprint density at radius 1 is 0.941 bits per heavy atom. The van der Waals surface area contributed by atoms with Gasteiger partial charge in [0.05, 0.1) is 29.5 Å². The van der Waals surface area contributed by atoms with E-state index in [1.807, 2.05) is 54.3 Å². The van der Waals surface area contributed by atoms with Crippen molar-refractivity contribution in [3.63, 3.8) is 0 Å². The van der Waals surface area contributed by atoms with Crippen molar-refractivity contribution in [1.29, 1.82) is 5.26 Å². The molecule has 0 radical (unpaired) electrons. The number of para-hydroxylation sites is 1. The number of carbonyl (C=O) groups excluding carboxylic acids is 2. The van der Waals surface area contributed by atoms with Gasteiger partial charge in [-0.1, -0.05) is 37.3 Å². The maximum Gasteiger partial charge on any atom is 0.282 e. The minimum atomic E-state index is -0.378. The summed E-state index contributed by atoms with van der Waals surface area (Å²) in [6.45, 7) is 3.28. The minimum absolute atomic E-state index is 0.368. The zero-order valence-electron chi connectivity index (χ0n) is 18.8. The van der Waals surface area contributed by atoms with Gasteiger partial charge in [0.25, 0.3) is 11.8 Å². The minimum Gasteiger partial charge on any atom is -0.494 e. The van der Waals surface area contributed by atoms with Gasteiger partial charge in [-0.3, -0.25) is 9.59 Å². The first-order valence-electron chi connectivity index (χ1n) is 11.3. The van der Waals surface area contributed by atoms with Crippen molar-refractivity contribution in [3.05, 3.63) is 95.2 Å². The molecule has 5 rings (SSSR count). The lowest BCUT2D eigenvalue weighted by molar-refractivity contribution is -0.120. The Balaban J connectivity index is 1.60. The molecule has 3 aromatic carbocycles. The lowest BCUT2D eigenvalue weighted by Crippen LogP contribution is -2.34. The van der Waals surface area contributed by atoms with Crippen molar-refractivity contribution in [2.75, 3.05) is 23.0 Å². The van der Waals surface area contributed by atoms with E-state index in [2.05, 4.69) is 12.1 Å². The third-order valence-corrected chi connectivity index (χ3v) is 6.09. The van der Waals surface area contributed by atoms with Crippen LogP contribution in [0.1, 0.15) is 30.0 Å². The molecule has 2 amide bonds. The Morgan fingerprint density at radius 3 is 2.38 bits per heavy atom. The number of hydrogen-bond acceptors (Lipinski definition) is 5. The topological polar surface area (TPSA) is 73.6 Å². The lowest BCUT2D eigenvalue weighted by atomic mass is 10.0. The summed E-state index contributed by atoms with van der Waals surface area (Å²) in [4.78, 5) is 30.7. The SMILES string of the molecule is CCCOc1ccc(C2=C(N3CCc4ccccc43)C(=O)N(c3ccc(C#N)cc3)C2=O)cc1. The number of nitriles is 1. The Kier molecular flexibility index (Phi) is 5.60. The van der Waals surface area contributed by atoms with Gasteiger partial charge in [-0.2, -0.15) is 5.26 Å². The van der Waals surface area contributed by atoms with Crippen molar-refractivity contribution in [1.82, 2.24) is 0 Å². The number of anilines is 2. The van der Waals surface area contributed by atoms with Crippen LogP contribution in [0.5, 0.6) is 5.75 Å². The van der Waals surface area contributed by atoms with E-state index in [1.165, 1.54) is 4.90 Å². The molecular weight excluding hydrogens is 426 g/mol. The third kappa shape index (κ3) is 3.61. The van der Waals surface area contributed by atoms with Crippen molar-refractivity contribution in [3.8, 4) is 11.8 Å². The maximum absolute atomic E-state index is 13.8. The summed E-state index contributed by atoms with van der Waals surface area (Å²) in [6, 6.07) is 23.8. The van der Waals surface area contributed by atoms with Crippen molar-refractivity contribution >= 4 is 28.8 Å². The molecule has 0 saturated carbocycles. The van der Waals surface area contributed by atoms with Crippen LogP contribution in [-0.2, 0) is 16.0 Å². The largest absolute Gasteiger partial charge is 0.494 e. The quantitative estimate of drug-likeness (QED) is 0.510. The average molecular weight is 450 g/mol. The van der Waals surface area contributed by atoms with Crippen LogP contribution in [0.4, 0.5) is 11.4 Å². The average Bonchev–Trinajstić information content (AvgIpc) is 3.41. The van der Waals surface area contributed by atoms with Crippen LogP contribution >= 0.6 is 0 Å². The van der Waals surface area contributed by atoms with E-state index < -0.39 is 0 Å². The zero-order valence-corrected chi connectivity index (χ0v) is 18.8. The smallest absolute Gasteiger partial charge is 0.282 e. The number of hydrogen-bond donors (Lipinski definition) is 0. The molecule has 0 spiro atoms. The summed E-state index contributed by atoms with van der Waals surface area (Å²) >= 11 is 0. The molecule has 2 aliphatic heterocycles. The van der Waals surface area contributed by atoms with Crippen molar-refractivity contribution in [2.24, 2.45) is 0 Å². The van der Waals surface area contributed by atoms with E-state index in [4.69, 9.17) is 10.00 Å². The number of carbonyl (C=O) groups is 2. The number of ether oxygens (including phenoxy) is 1. The molecular formula is C28H23N3O3. The number of imide groups is 1. The molecule has 3 aromatic rings. The first-order valence-corrected chi connectivity index (χ1v) is 11.3. The van der Waals surface area contributed by atoms with Gasteiger partial charge in [-0.05, 0) is 66.4 Å². The fraction of sp³-hybridized carbons (Fsp3) is 0.179. The van der Waals surface area contributed by atoms with Gasteiger partial charge in [0.15, 0.2) is 0 Å². The Labute approximate surface area is 198 Å². The van der Waals surface area contributed by atoms with Gasteiger partial charge >= 0.3 is 0 Å². The van der Waals surface area contributed by atoms with E-state index in [1.54, 1.807) is 24.3 Å². The van der Waals surface area contributed by atoms with Gasteiger partial charge in [0.2, 0.25) is 0 Å². The zero-order chi connectivity index (χ0) is 23.7. The molecule has 2 aliphatic rings. The number of fused-ring (bicyclic) bond motifs is 1. The molecule has 34 heavy (non-hydrogen) atoms. The fourth-order valence-electron chi connectivity index (χ4n) is 4.46. The van der Waals surface area contributed by atoms with Crippen LogP contribution in [0.3, 0.4) is 0 Å². The molecule has 2 heterocycles. The normalized spacial score (nSPS) is 15.1. The summed E-state index contributed by atoms with van der Waals surface area (Å²) in [6.07, 6.45) is 1.70. The highest BCUT2D eigenvalue weighted by molar-refractivity contribution is 6.46. The van der Waals surface area contributed by atoms with E-state index in [0.29, 0.717) is 41.2 Å². The summed E-state index contributed by atoms with van der Waals surface area (Å²) < 4.78 is 5.69. The highest BCUT2D eigenvalue weighted by atomic mass is 16.5. The standard InChI is InChI=1S/C28H23N3O3/c1-2-17-34-23-13-9-21(10-14-23)25-26(30-16-15-20-5-3-4-6-24(20)30)28(33)31(27(25)32)22-11-7-19(18-29)8-12-22/h3-14H,2,15-17H2,1H3. The third-order valence-electron chi connectivity index (χ3n) is 6.09. The second kappa shape index (κ2) is 8.87. The Bertz CT molecular complexity index is 1330. The number of nitrogens with zero attached hydrogens (tertiary/aromatic N) is 3. The molecule has 6 heteroatoms. The Hall–Kier alpha value is -4.37. The molecule has 0 saturated heterocycles. The highest BCUT2D eigenvalue weighted by Gasteiger charge is 2.44. The van der Waals surface area contributed by atoms with Crippen LogP contribution in [0.2, 0.25) is 0 Å². The molecule has 0 fully saturated rings. The van der Waals surface area contributed by atoms with Gasteiger partial charge in [0, 0.05) is 12.2 Å². The molecule has 0 bridgehead atoms.